The van der Waals surface area contributed by atoms with Crippen molar-refractivity contribution in [2.45, 2.75) is 32.9 Å². The zero-order valence-corrected chi connectivity index (χ0v) is 13.8. The standard InChI is InChI=1S/C14H16ClN5OS/c1-7(16)5-9-8(2)11-12(21-9)13(20-14(15)19-11)18-6-10-17-3-4-22-10/h3-4,7H,5-6,16H2,1-2H3,(H,18,19,20)/t7-/m1/s1. The van der Waals surface area contributed by atoms with Gasteiger partial charge in [0, 0.05) is 29.6 Å². The molecule has 0 radical (unpaired) electrons. The lowest BCUT2D eigenvalue weighted by Crippen LogP contribution is -2.17. The van der Waals surface area contributed by atoms with Crippen molar-refractivity contribution in [3.63, 3.8) is 0 Å². The van der Waals surface area contributed by atoms with Gasteiger partial charge in [0.25, 0.3) is 0 Å². The molecule has 8 heteroatoms. The van der Waals surface area contributed by atoms with Crippen LogP contribution in [0.2, 0.25) is 5.28 Å². The molecule has 0 aromatic carbocycles. The minimum absolute atomic E-state index is 0.00872. The summed E-state index contributed by atoms with van der Waals surface area (Å²) in [7, 11) is 0. The van der Waals surface area contributed by atoms with E-state index in [2.05, 4.69) is 20.3 Å². The summed E-state index contributed by atoms with van der Waals surface area (Å²) in [5.41, 5.74) is 8.14. The van der Waals surface area contributed by atoms with Crippen molar-refractivity contribution in [2.24, 2.45) is 5.73 Å². The van der Waals surface area contributed by atoms with Gasteiger partial charge in [-0.25, -0.2) is 9.97 Å². The van der Waals surface area contributed by atoms with Crippen LogP contribution in [0, 0.1) is 6.92 Å². The Morgan fingerprint density at radius 2 is 2.27 bits per heavy atom. The first kappa shape index (κ1) is 15.2. The van der Waals surface area contributed by atoms with E-state index in [4.69, 9.17) is 21.8 Å². The molecule has 0 aliphatic rings. The third-order valence-electron chi connectivity index (χ3n) is 3.23. The second-order valence-corrected chi connectivity index (χ2v) is 6.45. The van der Waals surface area contributed by atoms with E-state index in [1.807, 2.05) is 19.2 Å². The molecule has 1 atom stereocenters. The number of anilines is 1. The molecule has 0 fully saturated rings. The van der Waals surface area contributed by atoms with Crippen molar-refractivity contribution in [1.29, 1.82) is 0 Å². The van der Waals surface area contributed by atoms with E-state index < -0.39 is 0 Å². The molecule has 3 N–H and O–H groups in total. The van der Waals surface area contributed by atoms with E-state index in [9.17, 15) is 0 Å². The molecule has 6 nitrogen and oxygen atoms in total. The smallest absolute Gasteiger partial charge is 0.225 e. The average molecular weight is 338 g/mol. The van der Waals surface area contributed by atoms with E-state index in [-0.39, 0.29) is 11.3 Å². The number of nitrogens with zero attached hydrogens (tertiary/aromatic N) is 3. The van der Waals surface area contributed by atoms with Crippen LogP contribution in [0.3, 0.4) is 0 Å². The minimum Gasteiger partial charge on any atom is -0.455 e. The van der Waals surface area contributed by atoms with Crippen molar-refractivity contribution in [2.75, 3.05) is 5.32 Å². The summed E-state index contributed by atoms with van der Waals surface area (Å²) >= 11 is 7.60. The number of hydrogen-bond acceptors (Lipinski definition) is 7. The Morgan fingerprint density at radius 1 is 1.45 bits per heavy atom. The Kier molecular flexibility index (Phi) is 4.28. The van der Waals surface area contributed by atoms with Gasteiger partial charge in [-0.2, -0.15) is 4.98 Å². The molecular formula is C14H16ClN5OS. The van der Waals surface area contributed by atoms with Gasteiger partial charge in [-0.1, -0.05) is 0 Å². The van der Waals surface area contributed by atoms with Gasteiger partial charge in [-0.15, -0.1) is 11.3 Å². The molecule has 0 saturated heterocycles. The van der Waals surface area contributed by atoms with Crippen LogP contribution in [0.1, 0.15) is 23.3 Å². The molecule has 0 unspecified atom stereocenters. The largest absolute Gasteiger partial charge is 0.455 e. The summed E-state index contributed by atoms with van der Waals surface area (Å²) in [6.07, 6.45) is 2.41. The number of rotatable bonds is 5. The summed E-state index contributed by atoms with van der Waals surface area (Å²) in [6, 6.07) is 0.00872. The number of fused-ring (bicyclic) bond motifs is 1. The molecule has 0 bridgehead atoms. The van der Waals surface area contributed by atoms with Gasteiger partial charge in [-0.05, 0) is 25.4 Å². The number of hydrogen-bond donors (Lipinski definition) is 2. The number of furan rings is 1. The molecule has 0 spiro atoms. The number of halogens is 1. The zero-order chi connectivity index (χ0) is 15.7. The van der Waals surface area contributed by atoms with Gasteiger partial charge in [0.1, 0.15) is 16.3 Å². The van der Waals surface area contributed by atoms with Gasteiger partial charge >= 0.3 is 0 Å². The summed E-state index contributed by atoms with van der Waals surface area (Å²) in [6.45, 7) is 4.45. The van der Waals surface area contributed by atoms with Crippen molar-refractivity contribution in [1.82, 2.24) is 15.0 Å². The van der Waals surface area contributed by atoms with Crippen molar-refractivity contribution in [3.05, 3.63) is 33.2 Å². The average Bonchev–Trinajstić information content (AvgIpc) is 3.07. The molecule has 3 aromatic heterocycles. The summed E-state index contributed by atoms with van der Waals surface area (Å²) in [5, 5.41) is 6.29. The van der Waals surface area contributed by atoms with Crippen LogP contribution in [-0.4, -0.2) is 21.0 Å². The Balaban J connectivity index is 1.98. The van der Waals surface area contributed by atoms with E-state index in [1.165, 1.54) is 0 Å². The lowest BCUT2D eigenvalue weighted by molar-refractivity contribution is 0.521. The van der Waals surface area contributed by atoms with Crippen LogP contribution in [0.4, 0.5) is 5.82 Å². The molecule has 0 amide bonds. The molecule has 3 aromatic rings. The Labute approximate surface area is 136 Å². The first-order valence-corrected chi connectivity index (χ1v) is 8.13. The fourth-order valence-corrected chi connectivity index (χ4v) is 2.94. The van der Waals surface area contributed by atoms with E-state index in [1.54, 1.807) is 17.5 Å². The molecule has 3 rings (SSSR count). The lowest BCUT2D eigenvalue weighted by atomic mass is 10.1. The highest BCUT2D eigenvalue weighted by molar-refractivity contribution is 7.09. The number of nitrogens with two attached hydrogens (primary N) is 1. The van der Waals surface area contributed by atoms with Gasteiger partial charge in [0.15, 0.2) is 11.4 Å². The van der Waals surface area contributed by atoms with Crippen LogP contribution in [-0.2, 0) is 13.0 Å². The van der Waals surface area contributed by atoms with Crippen LogP contribution in [0.5, 0.6) is 0 Å². The van der Waals surface area contributed by atoms with Crippen molar-refractivity contribution in [3.8, 4) is 0 Å². The number of nitrogens with one attached hydrogen (secondary N) is 1. The van der Waals surface area contributed by atoms with Gasteiger partial charge < -0.3 is 15.5 Å². The Morgan fingerprint density at radius 3 is 2.95 bits per heavy atom. The van der Waals surface area contributed by atoms with Crippen molar-refractivity contribution < 1.29 is 4.42 Å². The van der Waals surface area contributed by atoms with Crippen LogP contribution in [0.15, 0.2) is 16.0 Å². The molecule has 0 aliphatic carbocycles. The lowest BCUT2D eigenvalue weighted by Gasteiger charge is -2.04. The zero-order valence-electron chi connectivity index (χ0n) is 12.3. The molecule has 0 saturated carbocycles. The molecular weight excluding hydrogens is 322 g/mol. The van der Waals surface area contributed by atoms with E-state index >= 15 is 0 Å². The van der Waals surface area contributed by atoms with Crippen LogP contribution in [0.25, 0.3) is 11.1 Å². The number of aryl methyl sites for hydroxylation is 1. The van der Waals surface area contributed by atoms with Gasteiger partial charge in [0.2, 0.25) is 5.28 Å². The summed E-state index contributed by atoms with van der Waals surface area (Å²) in [5.74, 6) is 1.39. The first-order chi connectivity index (χ1) is 10.5. The third-order valence-corrected chi connectivity index (χ3v) is 4.18. The second-order valence-electron chi connectivity index (χ2n) is 5.13. The molecule has 116 valence electrons. The Bertz CT molecular complexity index is 784. The minimum atomic E-state index is 0.00872. The summed E-state index contributed by atoms with van der Waals surface area (Å²) < 4.78 is 5.92. The van der Waals surface area contributed by atoms with Crippen LogP contribution < -0.4 is 11.1 Å². The Hall–Kier alpha value is -1.70. The first-order valence-electron chi connectivity index (χ1n) is 6.88. The normalized spacial score (nSPS) is 12.7. The maximum Gasteiger partial charge on any atom is 0.225 e. The highest BCUT2D eigenvalue weighted by Crippen LogP contribution is 2.30. The summed E-state index contributed by atoms with van der Waals surface area (Å²) in [4.78, 5) is 12.7. The van der Waals surface area contributed by atoms with Crippen LogP contribution >= 0.6 is 22.9 Å². The van der Waals surface area contributed by atoms with Gasteiger partial charge in [0.05, 0.1) is 6.54 Å². The highest BCUT2D eigenvalue weighted by Gasteiger charge is 2.18. The van der Waals surface area contributed by atoms with E-state index in [0.29, 0.717) is 24.4 Å². The fourth-order valence-electron chi connectivity index (χ4n) is 2.21. The second kappa shape index (κ2) is 6.20. The monoisotopic (exact) mass is 337 g/mol. The maximum absolute atomic E-state index is 6.03. The third kappa shape index (κ3) is 3.06. The number of aromatic nitrogens is 3. The van der Waals surface area contributed by atoms with E-state index in [0.717, 1.165) is 21.8 Å². The fraction of sp³-hybridized carbons (Fsp3) is 0.357. The number of thiazole rings is 1. The maximum atomic E-state index is 6.03. The molecule has 3 heterocycles. The predicted octanol–water partition coefficient (Wildman–Crippen LogP) is 3.14. The predicted molar refractivity (Wildman–Crippen MR) is 88.3 cm³/mol. The quantitative estimate of drug-likeness (QED) is 0.695. The molecule has 22 heavy (non-hydrogen) atoms. The SMILES string of the molecule is Cc1c(C[C@@H](C)N)oc2c(NCc3nccs3)nc(Cl)nc12. The van der Waals surface area contributed by atoms with Gasteiger partial charge in [-0.3, -0.25) is 0 Å². The topological polar surface area (TPSA) is 89.9 Å². The molecule has 0 aliphatic heterocycles. The highest BCUT2D eigenvalue weighted by atomic mass is 35.5. The van der Waals surface area contributed by atoms with Crippen molar-refractivity contribution >= 4 is 39.9 Å².